The lowest BCUT2D eigenvalue weighted by atomic mass is 9.95. The maximum Gasteiger partial charge on any atom is 0.137 e. The predicted octanol–water partition coefficient (Wildman–Crippen LogP) is 4.67. The van der Waals surface area contributed by atoms with Crippen LogP contribution in [0.5, 0.6) is 0 Å². The minimum atomic E-state index is 0.524. The number of benzene rings is 1. The largest absolute Gasteiger partial charge is 0.459 e. The van der Waals surface area contributed by atoms with Gasteiger partial charge in [0.15, 0.2) is 0 Å². The van der Waals surface area contributed by atoms with Crippen LogP contribution < -0.4 is 5.32 Å². The van der Waals surface area contributed by atoms with Crippen molar-refractivity contribution in [3.63, 3.8) is 0 Å². The van der Waals surface area contributed by atoms with Crippen LogP contribution in [0.25, 0.3) is 11.0 Å². The standard InChI is InChI=1S/C17H25NO/c1-6-9-18-10-15-13(5)16-14(11(2)3)8-7-12(4)17(16)19-15/h7-8,11,18H,6,9-10H2,1-5H3. The summed E-state index contributed by atoms with van der Waals surface area (Å²) in [5, 5.41) is 4.75. The Labute approximate surface area is 116 Å². The second-order valence-electron chi connectivity index (χ2n) is 5.66. The number of rotatable bonds is 5. The highest BCUT2D eigenvalue weighted by Crippen LogP contribution is 2.34. The summed E-state index contributed by atoms with van der Waals surface area (Å²) in [6.45, 7) is 12.8. The Morgan fingerprint density at radius 2 is 1.95 bits per heavy atom. The first-order valence-electron chi connectivity index (χ1n) is 7.28. The lowest BCUT2D eigenvalue weighted by molar-refractivity contribution is 0.509. The van der Waals surface area contributed by atoms with Crippen molar-refractivity contribution in [3.05, 3.63) is 34.6 Å². The first-order chi connectivity index (χ1) is 9.06. The zero-order valence-electron chi connectivity index (χ0n) is 12.8. The average Bonchev–Trinajstić information content (AvgIpc) is 2.69. The van der Waals surface area contributed by atoms with Crippen LogP contribution in [0.1, 0.15) is 55.6 Å². The first-order valence-corrected chi connectivity index (χ1v) is 7.28. The lowest BCUT2D eigenvalue weighted by Crippen LogP contribution is -2.13. The fourth-order valence-corrected chi connectivity index (χ4v) is 2.59. The minimum Gasteiger partial charge on any atom is -0.459 e. The smallest absolute Gasteiger partial charge is 0.137 e. The summed E-state index contributed by atoms with van der Waals surface area (Å²) in [4.78, 5) is 0. The highest BCUT2D eigenvalue weighted by molar-refractivity contribution is 5.88. The van der Waals surface area contributed by atoms with Crippen molar-refractivity contribution < 1.29 is 4.42 Å². The predicted molar refractivity (Wildman–Crippen MR) is 81.8 cm³/mol. The zero-order valence-corrected chi connectivity index (χ0v) is 12.8. The van der Waals surface area contributed by atoms with E-state index in [1.54, 1.807) is 0 Å². The van der Waals surface area contributed by atoms with E-state index in [0.29, 0.717) is 5.92 Å². The maximum absolute atomic E-state index is 6.10. The normalized spacial score (nSPS) is 11.7. The molecule has 0 amide bonds. The van der Waals surface area contributed by atoms with Crippen LogP contribution in [-0.4, -0.2) is 6.54 Å². The van der Waals surface area contributed by atoms with Gasteiger partial charge in [0.05, 0.1) is 6.54 Å². The Morgan fingerprint density at radius 3 is 2.58 bits per heavy atom. The van der Waals surface area contributed by atoms with Gasteiger partial charge in [-0.2, -0.15) is 0 Å². The van der Waals surface area contributed by atoms with Gasteiger partial charge in [-0.3, -0.25) is 0 Å². The average molecular weight is 259 g/mol. The Morgan fingerprint density at radius 1 is 1.21 bits per heavy atom. The van der Waals surface area contributed by atoms with E-state index in [1.807, 2.05) is 0 Å². The number of hydrogen-bond acceptors (Lipinski definition) is 2. The molecule has 2 rings (SSSR count). The van der Waals surface area contributed by atoms with E-state index in [0.717, 1.165) is 30.9 Å². The monoisotopic (exact) mass is 259 g/mol. The third kappa shape index (κ3) is 2.69. The summed E-state index contributed by atoms with van der Waals surface area (Å²) in [7, 11) is 0. The van der Waals surface area contributed by atoms with Crippen LogP contribution >= 0.6 is 0 Å². The van der Waals surface area contributed by atoms with E-state index < -0.39 is 0 Å². The fourth-order valence-electron chi connectivity index (χ4n) is 2.59. The molecule has 2 nitrogen and oxygen atoms in total. The molecule has 104 valence electrons. The second kappa shape index (κ2) is 5.79. The van der Waals surface area contributed by atoms with E-state index in [-0.39, 0.29) is 0 Å². The molecule has 19 heavy (non-hydrogen) atoms. The molecule has 0 radical (unpaired) electrons. The highest BCUT2D eigenvalue weighted by atomic mass is 16.3. The van der Waals surface area contributed by atoms with Crippen molar-refractivity contribution in [1.29, 1.82) is 0 Å². The molecular weight excluding hydrogens is 234 g/mol. The van der Waals surface area contributed by atoms with E-state index in [4.69, 9.17) is 4.42 Å². The molecule has 0 fully saturated rings. The van der Waals surface area contributed by atoms with Gasteiger partial charge < -0.3 is 9.73 Å². The van der Waals surface area contributed by atoms with Gasteiger partial charge in [-0.25, -0.2) is 0 Å². The molecule has 1 aromatic heterocycles. The number of nitrogens with one attached hydrogen (secondary N) is 1. The molecule has 0 unspecified atom stereocenters. The lowest BCUT2D eigenvalue weighted by Gasteiger charge is -2.08. The van der Waals surface area contributed by atoms with Crippen molar-refractivity contribution >= 4 is 11.0 Å². The van der Waals surface area contributed by atoms with Crippen LogP contribution in [-0.2, 0) is 6.54 Å². The summed E-state index contributed by atoms with van der Waals surface area (Å²) in [5.74, 6) is 1.61. The van der Waals surface area contributed by atoms with Crippen LogP contribution in [0.2, 0.25) is 0 Å². The Bertz CT molecular complexity index is 566. The van der Waals surface area contributed by atoms with Crippen molar-refractivity contribution in [2.45, 2.75) is 53.5 Å². The van der Waals surface area contributed by atoms with Gasteiger partial charge in [-0.1, -0.05) is 32.9 Å². The highest BCUT2D eigenvalue weighted by Gasteiger charge is 2.16. The molecule has 0 bridgehead atoms. The first kappa shape index (κ1) is 14.1. The Balaban J connectivity index is 2.49. The number of aryl methyl sites for hydroxylation is 2. The van der Waals surface area contributed by atoms with E-state index in [9.17, 15) is 0 Å². The third-order valence-corrected chi connectivity index (χ3v) is 3.74. The molecule has 2 heteroatoms. The Kier molecular flexibility index (Phi) is 4.31. The number of fused-ring (bicyclic) bond motifs is 1. The minimum absolute atomic E-state index is 0.524. The molecule has 0 saturated heterocycles. The number of hydrogen-bond donors (Lipinski definition) is 1. The Hall–Kier alpha value is -1.28. The summed E-state index contributed by atoms with van der Waals surface area (Å²) < 4.78 is 6.10. The van der Waals surface area contributed by atoms with Crippen LogP contribution in [0.4, 0.5) is 0 Å². The molecular formula is C17H25NO. The van der Waals surface area contributed by atoms with Gasteiger partial charge >= 0.3 is 0 Å². The summed E-state index contributed by atoms with van der Waals surface area (Å²) >= 11 is 0. The molecule has 0 aliphatic carbocycles. The van der Waals surface area contributed by atoms with E-state index in [1.165, 1.54) is 22.1 Å². The molecule has 1 heterocycles. The van der Waals surface area contributed by atoms with E-state index in [2.05, 4.69) is 52.1 Å². The van der Waals surface area contributed by atoms with Gasteiger partial charge in [-0.05, 0) is 49.4 Å². The van der Waals surface area contributed by atoms with Crippen molar-refractivity contribution in [2.75, 3.05) is 6.54 Å². The summed E-state index contributed by atoms with van der Waals surface area (Å²) in [6, 6.07) is 4.41. The van der Waals surface area contributed by atoms with E-state index >= 15 is 0 Å². The van der Waals surface area contributed by atoms with Gasteiger partial charge in [0, 0.05) is 5.39 Å². The fraction of sp³-hybridized carbons (Fsp3) is 0.529. The SMILES string of the molecule is CCCNCc1oc2c(C)ccc(C(C)C)c2c1C. The maximum atomic E-state index is 6.10. The molecule has 2 aromatic rings. The molecule has 0 spiro atoms. The van der Waals surface area contributed by atoms with Crippen LogP contribution in [0.3, 0.4) is 0 Å². The van der Waals surface area contributed by atoms with Crippen molar-refractivity contribution in [2.24, 2.45) is 0 Å². The van der Waals surface area contributed by atoms with Crippen LogP contribution in [0, 0.1) is 13.8 Å². The molecule has 0 atom stereocenters. The molecule has 0 aliphatic rings. The zero-order chi connectivity index (χ0) is 14.0. The molecule has 1 aromatic carbocycles. The van der Waals surface area contributed by atoms with Crippen LogP contribution in [0.15, 0.2) is 16.5 Å². The quantitative estimate of drug-likeness (QED) is 0.789. The van der Waals surface area contributed by atoms with Gasteiger partial charge in [-0.15, -0.1) is 0 Å². The third-order valence-electron chi connectivity index (χ3n) is 3.74. The molecule has 0 saturated carbocycles. The van der Waals surface area contributed by atoms with Crippen molar-refractivity contribution in [1.82, 2.24) is 5.32 Å². The number of furan rings is 1. The van der Waals surface area contributed by atoms with Crippen molar-refractivity contribution in [3.8, 4) is 0 Å². The molecule has 1 N–H and O–H groups in total. The summed E-state index contributed by atoms with van der Waals surface area (Å²) in [5.41, 5.74) is 4.98. The topological polar surface area (TPSA) is 25.2 Å². The van der Waals surface area contributed by atoms with Gasteiger partial charge in [0.25, 0.3) is 0 Å². The van der Waals surface area contributed by atoms with Gasteiger partial charge in [0.2, 0.25) is 0 Å². The second-order valence-corrected chi connectivity index (χ2v) is 5.66. The molecule has 0 aliphatic heterocycles. The van der Waals surface area contributed by atoms with Gasteiger partial charge in [0.1, 0.15) is 11.3 Å². The summed E-state index contributed by atoms with van der Waals surface area (Å²) in [6.07, 6.45) is 1.15.